The second kappa shape index (κ2) is 4.37. The molecule has 1 aliphatic rings. The molecule has 1 aromatic carbocycles. The third kappa shape index (κ3) is 1.74. The molecular weight excluding hydrogens is 229 g/mol. The predicted octanol–water partition coefficient (Wildman–Crippen LogP) is 3.31. The predicted molar refractivity (Wildman–Crippen MR) is 67.8 cm³/mol. The van der Waals surface area contributed by atoms with Crippen molar-refractivity contribution in [1.29, 1.82) is 0 Å². The maximum Gasteiger partial charge on any atom is 0.173 e. The third-order valence-corrected chi connectivity index (χ3v) is 3.18. The van der Waals surface area contributed by atoms with Crippen molar-refractivity contribution in [2.75, 3.05) is 0 Å². The Labute approximate surface area is 105 Å². The molecule has 0 spiro atoms. The van der Waals surface area contributed by atoms with Gasteiger partial charge in [-0.2, -0.15) is 5.10 Å². The molecule has 92 valence electrons. The lowest BCUT2D eigenvalue weighted by Crippen LogP contribution is -2.07. The van der Waals surface area contributed by atoms with Crippen LogP contribution in [0.1, 0.15) is 42.8 Å². The van der Waals surface area contributed by atoms with Gasteiger partial charge in [-0.15, -0.1) is 0 Å². The van der Waals surface area contributed by atoms with Gasteiger partial charge in [0.05, 0.1) is 6.04 Å². The molecule has 3 rings (SSSR count). The third-order valence-electron chi connectivity index (χ3n) is 3.18. The lowest BCUT2D eigenvalue weighted by atomic mass is 10.0. The minimum absolute atomic E-state index is 0.0392. The summed E-state index contributed by atoms with van der Waals surface area (Å²) in [6.45, 7) is 1.90. The molecule has 0 amide bonds. The van der Waals surface area contributed by atoms with E-state index in [-0.39, 0.29) is 6.04 Å². The van der Waals surface area contributed by atoms with Crippen LogP contribution in [0.25, 0.3) is 6.08 Å². The van der Waals surface area contributed by atoms with Crippen LogP contribution in [-0.4, -0.2) is 14.8 Å². The number of fused-ring (bicyclic) bond motifs is 1. The Morgan fingerprint density at radius 2 is 2.11 bits per heavy atom. The van der Waals surface area contributed by atoms with Crippen LogP contribution < -0.4 is 0 Å². The maximum atomic E-state index is 14.0. The molecule has 0 N–H and O–H groups in total. The summed E-state index contributed by atoms with van der Waals surface area (Å²) in [6.07, 6.45) is 3.05. The number of nitrogens with zero attached hydrogens (tertiary/aromatic N) is 3. The van der Waals surface area contributed by atoms with Crippen molar-refractivity contribution in [3.8, 4) is 0 Å². The highest BCUT2D eigenvalue weighted by Gasteiger charge is 2.34. The lowest BCUT2D eigenvalue weighted by Gasteiger charge is -2.11. The number of benzene rings is 1. The van der Waals surface area contributed by atoms with Crippen molar-refractivity contribution in [1.82, 2.24) is 14.8 Å². The Hall–Kier alpha value is -1.97. The van der Waals surface area contributed by atoms with Crippen molar-refractivity contribution in [2.24, 2.45) is 0 Å². The van der Waals surface area contributed by atoms with Gasteiger partial charge in [0.15, 0.2) is 17.8 Å². The minimum atomic E-state index is -1.03. The standard InChI is InChI=1S/C14H14FN3/c1-2-6-13-16-14-11(15)9-12(18(14)17-13)10-7-4-3-5-8-10/h2-8,11-12H,9H2,1H3/b6-2+. The summed E-state index contributed by atoms with van der Waals surface area (Å²) in [7, 11) is 0. The van der Waals surface area contributed by atoms with Gasteiger partial charge in [-0.05, 0) is 18.6 Å². The first-order valence-electron chi connectivity index (χ1n) is 6.07. The molecule has 0 fully saturated rings. The van der Waals surface area contributed by atoms with Crippen molar-refractivity contribution in [2.45, 2.75) is 25.6 Å². The number of allylic oxidation sites excluding steroid dienone is 1. The molecule has 18 heavy (non-hydrogen) atoms. The van der Waals surface area contributed by atoms with Gasteiger partial charge in [-0.1, -0.05) is 36.4 Å². The van der Waals surface area contributed by atoms with E-state index in [1.165, 1.54) is 0 Å². The molecule has 0 bridgehead atoms. The zero-order valence-electron chi connectivity index (χ0n) is 10.1. The Balaban J connectivity index is 2.03. The van der Waals surface area contributed by atoms with Gasteiger partial charge in [-0.25, -0.2) is 14.1 Å². The summed E-state index contributed by atoms with van der Waals surface area (Å²) in [6, 6.07) is 9.85. The first-order valence-corrected chi connectivity index (χ1v) is 6.07. The van der Waals surface area contributed by atoms with E-state index in [2.05, 4.69) is 10.1 Å². The summed E-state index contributed by atoms with van der Waals surface area (Å²) < 4.78 is 15.7. The number of hydrogen-bond acceptors (Lipinski definition) is 2. The van der Waals surface area contributed by atoms with Crippen LogP contribution in [0.4, 0.5) is 4.39 Å². The van der Waals surface area contributed by atoms with Gasteiger partial charge in [0.2, 0.25) is 0 Å². The zero-order valence-corrected chi connectivity index (χ0v) is 10.1. The topological polar surface area (TPSA) is 30.7 Å². The smallest absolute Gasteiger partial charge is 0.173 e. The Kier molecular flexibility index (Phi) is 2.70. The van der Waals surface area contributed by atoms with E-state index < -0.39 is 6.17 Å². The van der Waals surface area contributed by atoms with E-state index >= 15 is 0 Å². The van der Waals surface area contributed by atoms with E-state index in [1.807, 2.05) is 43.3 Å². The average Bonchev–Trinajstić information content (AvgIpc) is 2.92. The Morgan fingerprint density at radius 1 is 1.33 bits per heavy atom. The fourth-order valence-electron chi connectivity index (χ4n) is 2.37. The molecule has 2 atom stereocenters. The van der Waals surface area contributed by atoms with Crippen LogP contribution >= 0.6 is 0 Å². The molecule has 0 radical (unpaired) electrons. The molecule has 3 nitrogen and oxygen atoms in total. The highest BCUT2D eigenvalue weighted by Crippen LogP contribution is 2.39. The van der Waals surface area contributed by atoms with Crippen LogP contribution in [0.5, 0.6) is 0 Å². The van der Waals surface area contributed by atoms with Crippen molar-refractivity contribution >= 4 is 6.08 Å². The second-order valence-corrected chi connectivity index (χ2v) is 4.40. The van der Waals surface area contributed by atoms with Crippen molar-refractivity contribution < 1.29 is 4.39 Å². The van der Waals surface area contributed by atoms with E-state index in [1.54, 1.807) is 10.8 Å². The molecule has 2 heterocycles. The fraction of sp³-hybridized carbons (Fsp3) is 0.286. The summed E-state index contributed by atoms with van der Waals surface area (Å²) >= 11 is 0. The van der Waals surface area contributed by atoms with Gasteiger partial charge in [0.1, 0.15) is 0 Å². The summed E-state index contributed by atoms with van der Waals surface area (Å²) in [5.41, 5.74) is 1.08. The highest BCUT2D eigenvalue weighted by molar-refractivity contribution is 5.39. The molecular formula is C14H14FN3. The molecule has 0 aliphatic carbocycles. The van der Waals surface area contributed by atoms with E-state index in [4.69, 9.17) is 0 Å². The molecule has 1 aromatic heterocycles. The molecule has 4 heteroatoms. The molecule has 1 aliphatic heterocycles. The van der Waals surface area contributed by atoms with E-state index in [0.717, 1.165) is 5.56 Å². The molecule has 2 unspecified atom stereocenters. The summed E-state index contributed by atoms with van der Waals surface area (Å²) in [5, 5.41) is 4.37. The van der Waals surface area contributed by atoms with Crippen molar-refractivity contribution in [3.05, 3.63) is 53.6 Å². The lowest BCUT2D eigenvalue weighted by molar-refractivity contribution is 0.328. The normalized spacial score (nSPS) is 22.6. The van der Waals surface area contributed by atoms with Crippen LogP contribution in [0.15, 0.2) is 36.4 Å². The zero-order chi connectivity index (χ0) is 12.5. The Morgan fingerprint density at radius 3 is 2.83 bits per heavy atom. The largest absolute Gasteiger partial charge is 0.239 e. The first kappa shape index (κ1) is 11.1. The highest BCUT2D eigenvalue weighted by atomic mass is 19.1. The quantitative estimate of drug-likeness (QED) is 0.810. The van der Waals surface area contributed by atoms with Gasteiger partial charge in [0.25, 0.3) is 0 Å². The van der Waals surface area contributed by atoms with Crippen molar-refractivity contribution in [3.63, 3.8) is 0 Å². The number of rotatable bonds is 2. The van der Waals surface area contributed by atoms with Crippen LogP contribution in [0, 0.1) is 0 Å². The average molecular weight is 243 g/mol. The maximum absolute atomic E-state index is 14.0. The first-order chi connectivity index (χ1) is 8.79. The van der Waals surface area contributed by atoms with Gasteiger partial charge in [0, 0.05) is 6.42 Å². The summed E-state index contributed by atoms with van der Waals surface area (Å²) in [4.78, 5) is 4.23. The fourth-order valence-corrected chi connectivity index (χ4v) is 2.37. The van der Waals surface area contributed by atoms with Crippen LogP contribution in [0.2, 0.25) is 0 Å². The molecule has 0 saturated carbocycles. The molecule has 2 aromatic rings. The van der Waals surface area contributed by atoms with Crippen LogP contribution in [-0.2, 0) is 0 Å². The number of aromatic nitrogens is 3. The number of hydrogen-bond donors (Lipinski definition) is 0. The SMILES string of the molecule is C/C=C/c1nc2n(n1)C(c1ccccc1)CC2F. The van der Waals surface area contributed by atoms with Gasteiger partial charge >= 0.3 is 0 Å². The Bertz CT molecular complexity index is 574. The monoisotopic (exact) mass is 243 g/mol. The van der Waals surface area contributed by atoms with E-state index in [0.29, 0.717) is 18.1 Å². The molecule has 0 saturated heterocycles. The second-order valence-electron chi connectivity index (χ2n) is 4.40. The van der Waals surface area contributed by atoms with E-state index in [9.17, 15) is 4.39 Å². The summed E-state index contributed by atoms with van der Waals surface area (Å²) in [5.74, 6) is 1.02. The van der Waals surface area contributed by atoms with Crippen LogP contribution in [0.3, 0.4) is 0 Å². The van der Waals surface area contributed by atoms with Gasteiger partial charge in [-0.3, -0.25) is 0 Å². The minimum Gasteiger partial charge on any atom is -0.239 e. The van der Waals surface area contributed by atoms with Gasteiger partial charge < -0.3 is 0 Å². The number of halogens is 1. The number of alkyl halides is 1.